The third-order valence-electron chi connectivity index (χ3n) is 3.65. The average Bonchev–Trinajstić information content (AvgIpc) is 2.57. The zero-order valence-electron chi connectivity index (χ0n) is 14.4. The minimum Gasteiger partial charge on any atom is -0.481 e. The fraction of sp³-hybridized carbons (Fsp3) is 0.235. The lowest BCUT2D eigenvalue weighted by molar-refractivity contribution is -0.140. The number of carboxylic acids is 1. The van der Waals surface area contributed by atoms with E-state index in [1.165, 1.54) is 0 Å². The van der Waals surface area contributed by atoms with Crippen molar-refractivity contribution in [3.05, 3.63) is 47.5 Å². The first kappa shape index (κ1) is 22.5. The zero-order valence-corrected chi connectivity index (χ0v) is 15.2. The van der Waals surface area contributed by atoms with E-state index < -0.39 is 67.7 Å². The molecule has 0 saturated heterocycles. The summed E-state index contributed by atoms with van der Waals surface area (Å²) in [5.74, 6) is -1.88. The highest BCUT2D eigenvalue weighted by Crippen LogP contribution is 2.41. The van der Waals surface area contributed by atoms with Crippen molar-refractivity contribution in [3.8, 4) is 16.9 Å². The molecule has 0 heterocycles. The first-order valence-electron chi connectivity index (χ1n) is 7.58. The van der Waals surface area contributed by atoms with Crippen molar-refractivity contribution in [3.63, 3.8) is 0 Å². The Hall–Kier alpha value is -2.76. The summed E-state index contributed by atoms with van der Waals surface area (Å²) in [5, 5.41) is 8.68. The number of rotatable bonds is 5. The van der Waals surface area contributed by atoms with Gasteiger partial charge in [-0.05, 0) is 35.9 Å². The van der Waals surface area contributed by atoms with Gasteiger partial charge in [-0.15, -0.1) is 0 Å². The largest absolute Gasteiger partial charge is 0.481 e. The fourth-order valence-electron chi connectivity index (χ4n) is 2.44. The number of carbonyl (C=O) groups is 1. The molecule has 0 saturated carbocycles. The average molecular weight is 442 g/mol. The van der Waals surface area contributed by atoms with Gasteiger partial charge in [-0.3, -0.25) is 0 Å². The van der Waals surface area contributed by atoms with Gasteiger partial charge >= 0.3 is 18.3 Å². The minimum absolute atomic E-state index is 0.375. The van der Waals surface area contributed by atoms with E-state index >= 15 is 0 Å². The Kier molecular flexibility index (Phi) is 5.89. The minimum atomic E-state index is -5.11. The van der Waals surface area contributed by atoms with E-state index in [-0.39, 0.29) is 0 Å². The third-order valence-corrected chi connectivity index (χ3v) is 4.81. The molecule has 0 aromatic heterocycles. The first-order chi connectivity index (χ1) is 13.1. The lowest BCUT2D eigenvalue weighted by atomic mass is 9.99. The normalized spacial score (nSPS) is 12.7. The van der Waals surface area contributed by atoms with Gasteiger partial charge in [-0.1, -0.05) is 6.07 Å². The number of ether oxygens (including phenoxy) is 1. The zero-order chi connectivity index (χ0) is 22.2. The van der Waals surface area contributed by atoms with Crippen LogP contribution in [0, 0.1) is 0 Å². The number of carboxylic acid groups (broad SMARTS) is 1. The highest BCUT2D eigenvalue weighted by molar-refractivity contribution is 7.90. The number of aliphatic carboxylic acids is 1. The maximum absolute atomic E-state index is 13.3. The molecule has 12 heteroatoms. The molecule has 29 heavy (non-hydrogen) atoms. The molecule has 0 aliphatic heterocycles. The van der Waals surface area contributed by atoms with Gasteiger partial charge in [0.15, 0.2) is 16.4 Å². The van der Waals surface area contributed by atoms with Crippen LogP contribution in [-0.4, -0.2) is 32.4 Å². The summed E-state index contributed by atoms with van der Waals surface area (Å²) in [6.45, 7) is -0.952. The van der Waals surface area contributed by atoms with Crippen molar-refractivity contribution in [2.75, 3.05) is 12.9 Å². The molecule has 0 atom stereocenters. The van der Waals surface area contributed by atoms with Gasteiger partial charge in [0.1, 0.15) is 5.75 Å². The van der Waals surface area contributed by atoms with E-state index in [0.29, 0.717) is 30.5 Å². The van der Waals surface area contributed by atoms with E-state index in [1.807, 2.05) is 0 Å². The predicted molar refractivity (Wildman–Crippen MR) is 88.1 cm³/mol. The van der Waals surface area contributed by atoms with Crippen molar-refractivity contribution >= 4 is 15.8 Å². The molecule has 2 aromatic rings. The Morgan fingerprint density at radius 3 is 2.10 bits per heavy atom. The summed E-state index contributed by atoms with van der Waals surface area (Å²) in [5.41, 5.74) is -3.70. The van der Waals surface area contributed by atoms with E-state index in [2.05, 4.69) is 0 Å². The molecule has 0 radical (unpaired) electrons. The number of alkyl halides is 6. The van der Waals surface area contributed by atoms with Gasteiger partial charge in [0.2, 0.25) is 0 Å². The molecule has 1 N–H and O–H groups in total. The Bertz CT molecular complexity index is 1040. The van der Waals surface area contributed by atoms with Crippen molar-refractivity contribution in [2.24, 2.45) is 0 Å². The number of hydrogen-bond acceptors (Lipinski definition) is 4. The number of halogens is 6. The van der Waals surface area contributed by atoms with Gasteiger partial charge in [0, 0.05) is 11.8 Å². The van der Waals surface area contributed by atoms with Crippen LogP contribution in [0.2, 0.25) is 0 Å². The third kappa shape index (κ3) is 5.40. The second-order valence-electron chi connectivity index (χ2n) is 5.87. The molecule has 0 aliphatic carbocycles. The molecule has 2 aromatic carbocycles. The summed E-state index contributed by atoms with van der Waals surface area (Å²) in [6.07, 6.45) is -9.39. The maximum atomic E-state index is 13.3. The van der Waals surface area contributed by atoms with E-state index in [9.17, 15) is 39.6 Å². The Morgan fingerprint density at radius 2 is 1.62 bits per heavy atom. The Morgan fingerprint density at radius 1 is 1.00 bits per heavy atom. The van der Waals surface area contributed by atoms with Crippen LogP contribution in [0.1, 0.15) is 11.1 Å². The van der Waals surface area contributed by atoms with E-state index in [4.69, 9.17) is 9.84 Å². The van der Waals surface area contributed by atoms with Gasteiger partial charge in [-0.25, -0.2) is 13.2 Å². The first-order valence-corrected chi connectivity index (χ1v) is 9.47. The van der Waals surface area contributed by atoms with Crippen LogP contribution in [0.3, 0.4) is 0 Å². The van der Waals surface area contributed by atoms with E-state index in [1.54, 1.807) is 0 Å². The molecule has 0 amide bonds. The summed E-state index contributed by atoms with van der Waals surface area (Å²) in [7, 11) is -4.29. The molecule has 0 spiro atoms. The van der Waals surface area contributed by atoms with Crippen molar-refractivity contribution < 1.29 is 49.4 Å². The number of hydrogen-bond donors (Lipinski definition) is 1. The molecule has 2 rings (SSSR count). The summed E-state index contributed by atoms with van der Waals surface area (Å²) in [4.78, 5) is 9.62. The molecular formula is C17H12F6O5S. The quantitative estimate of drug-likeness (QED) is 0.700. The Labute approximate surface area is 160 Å². The van der Waals surface area contributed by atoms with Crippen LogP contribution in [-0.2, 0) is 27.0 Å². The molecule has 0 fully saturated rings. The predicted octanol–water partition coefficient (Wildman–Crippen LogP) is 4.26. The second-order valence-corrected chi connectivity index (χ2v) is 7.86. The molecule has 0 unspecified atom stereocenters. The molecule has 158 valence electrons. The molecule has 0 aliphatic rings. The maximum Gasteiger partial charge on any atom is 0.417 e. The lowest BCUT2D eigenvalue weighted by Gasteiger charge is -2.17. The summed E-state index contributed by atoms with van der Waals surface area (Å²) in [6, 6.07) is 3.73. The van der Waals surface area contributed by atoms with Gasteiger partial charge in [0.25, 0.3) is 0 Å². The molecule has 0 bridgehead atoms. The van der Waals surface area contributed by atoms with Crippen LogP contribution < -0.4 is 4.74 Å². The summed E-state index contributed by atoms with van der Waals surface area (Å²) >= 11 is 0. The topological polar surface area (TPSA) is 80.7 Å². The van der Waals surface area contributed by atoms with E-state index in [0.717, 1.165) is 12.1 Å². The van der Waals surface area contributed by atoms with Crippen LogP contribution >= 0.6 is 0 Å². The highest BCUT2D eigenvalue weighted by Gasteiger charge is 2.37. The highest BCUT2D eigenvalue weighted by atomic mass is 32.2. The van der Waals surface area contributed by atoms with Gasteiger partial charge in [0.05, 0.1) is 16.0 Å². The summed E-state index contributed by atoms with van der Waals surface area (Å²) < 4.78 is 107. The number of benzene rings is 2. The van der Waals surface area contributed by atoms with Crippen molar-refractivity contribution in [1.82, 2.24) is 0 Å². The standard InChI is InChI=1S/C17H12F6O5S/c1-29(26,27)14-5-2-9(6-12(14)17(21,22)23)11-7-10(16(18,19)20)3-4-13(11)28-8-15(24)25/h2-7H,8H2,1H3,(H,24,25). The molecule has 5 nitrogen and oxygen atoms in total. The van der Waals surface area contributed by atoms with Crippen LogP contribution in [0.5, 0.6) is 5.75 Å². The SMILES string of the molecule is CS(=O)(=O)c1ccc(-c2cc(C(F)(F)F)ccc2OCC(=O)O)cc1C(F)(F)F. The second kappa shape index (κ2) is 7.58. The van der Waals surface area contributed by atoms with Crippen LogP contribution in [0.4, 0.5) is 26.3 Å². The monoisotopic (exact) mass is 442 g/mol. The van der Waals surface area contributed by atoms with Crippen molar-refractivity contribution in [2.45, 2.75) is 17.2 Å². The van der Waals surface area contributed by atoms with Crippen LogP contribution in [0.25, 0.3) is 11.1 Å². The lowest BCUT2D eigenvalue weighted by Crippen LogP contribution is -2.13. The fourth-order valence-corrected chi connectivity index (χ4v) is 3.33. The van der Waals surface area contributed by atoms with Crippen molar-refractivity contribution in [1.29, 1.82) is 0 Å². The number of sulfone groups is 1. The smallest absolute Gasteiger partial charge is 0.417 e. The van der Waals surface area contributed by atoms with Gasteiger partial charge < -0.3 is 9.84 Å². The molecular weight excluding hydrogens is 430 g/mol. The van der Waals surface area contributed by atoms with Crippen LogP contribution in [0.15, 0.2) is 41.3 Å². The van der Waals surface area contributed by atoms with Gasteiger partial charge in [-0.2, -0.15) is 26.3 Å². The Balaban J connectivity index is 2.75.